The first-order valence-corrected chi connectivity index (χ1v) is 11.2. The smallest absolute Gasteiger partial charge is 0.303 e. The fourth-order valence-corrected chi connectivity index (χ4v) is 4.10. The number of halogens is 1. The molecule has 3 rings (SSSR count). The van der Waals surface area contributed by atoms with Gasteiger partial charge < -0.3 is 24.1 Å². The van der Waals surface area contributed by atoms with Gasteiger partial charge in [-0.15, -0.1) is 0 Å². The number of carbonyl (C=O) groups is 3. The number of rotatable bonds is 7. The molecular weight excluding hydrogens is 464 g/mol. The van der Waals surface area contributed by atoms with Crippen molar-refractivity contribution in [2.24, 2.45) is 0 Å². The van der Waals surface area contributed by atoms with Crippen molar-refractivity contribution in [1.29, 1.82) is 0 Å². The number of ether oxygens (including phenoxy) is 4. The van der Waals surface area contributed by atoms with E-state index in [1.54, 1.807) is 18.2 Å². The number of carbonyl (C=O) groups excluding carboxylic acids is 3. The van der Waals surface area contributed by atoms with Crippen LogP contribution in [0.4, 0.5) is 0 Å². The first-order chi connectivity index (χ1) is 16.1. The number of esters is 3. The molecule has 1 saturated heterocycles. The average molecular weight is 491 g/mol. The minimum atomic E-state index is -0.930. The van der Waals surface area contributed by atoms with Crippen molar-refractivity contribution in [3.05, 3.63) is 64.2 Å². The van der Waals surface area contributed by atoms with Crippen molar-refractivity contribution >= 4 is 29.5 Å². The van der Waals surface area contributed by atoms with Gasteiger partial charge in [0, 0.05) is 32.2 Å². The molecule has 1 fully saturated rings. The Balaban J connectivity index is 1.89. The minimum absolute atomic E-state index is 0.171. The van der Waals surface area contributed by atoms with Gasteiger partial charge in [0.1, 0.15) is 24.6 Å². The maximum absolute atomic E-state index is 11.8. The average Bonchev–Trinajstić information content (AvgIpc) is 2.76. The third-order valence-corrected chi connectivity index (χ3v) is 5.73. The molecule has 9 heteroatoms. The maximum atomic E-state index is 11.8. The van der Waals surface area contributed by atoms with E-state index in [0.717, 1.165) is 16.7 Å². The molecule has 0 saturated carbocycles. The number of phenols is 1. The van der Waals surface area contributed by atoms with Crippen LogP contribution in [0, 0.1) is 0 Å². The molecule has 0 radical (unpaired) electrons. The van der Waals surface area contributed by atoms with Crippen LogP contribution in [0.2, 0.25) is 5.02 Å². The molecule has 0 amide bonds. The lowest BCUT2D eigenvalue weighted by Gasteiger charge is -2.40. The van der Waals surface area contributed by atoms with Crippen molar-refractivity contribution in [3.63, 3.8) is 0 Å². The molecule has 0 aliphatic carbocycles. The summed E-state index contributed by atoms with van der Waals surface area (Å²) in [5, 5.41) is 10.1. The van der Waals surface area contributed by atoms with Crippen molar-refractivity contribution < 1.29 is 38.4 Å². The van der Waals surface area contributed by atoms with Gasteiger partial charge in [-0.1, -0.05) is 35.9 Å². The van der Waals surface area contributed by atoms with E-state index in [9.17, 15) is 19.5 Å². The Morgan fingerprint density at radius 1 is 1.00 bits per heavy atom. The van der Waals surface area contributed by atoms with Crippen molar-refractivity contribution in [2.45, 2.75) is 58.0 Å². The first kappa shape index (κ1) is 25.5. The second-order valence-electron chi connectivity index (χ2n) is 8.12. The molecule has 1 heterocycles. The number of hydrogen-bond acceptors (Lipinski definition) is 8. The van der Waals surface area contributed by atoms with Crippen molar-refractivity contribution in [1.82, 2.24) is 0 Å². The quantitative estimate of drug-likeness (QED) is 0.460. The third-order valence-electron chi connectivity index (χ3n) is 5.36. The van der Waals surface area contributed by atoms with E-state index in [-0.39, 0.29) is 18.8 Å². The summed E-state index contributed by atoms with van der Waals surface area (Å²) in [5.41, 5.74) is 2.59. The van der Waals surface area contributed by atoms with Crippen LogP contribution >= 0.6 is 11.6 Å². The summed E-state index contributed by atoms with van der Waals surface area (Å²) < 4.78 is 22.2. The van der Waals surface area contributed by atoms with Crippen LogP contribution in [0.5, 0.6) is 5.75 Å². The standard InChI is InChI=1S/C25H27ClO8/c1-14(27)31-13-24-25(33-16(3)29)23(32-15(2)28)12-22(34-24)18-6-9-21(26)19(11-18)10-17-4-7-20(30)8-5-17/h4-9,11,22-25,30H,10,12-13H2,1-3H3/t22?,23?,24?,25-/m0/s1. The summed E-state index contributed by atoms with van der Waals surface area (Å²) in [6.45, 7) is 3.61. The summed E-state index contributed by atoms with van der Waals surface area (Å²) >= 11 is 6.43. The van der Waals surface area contributed by atoms with Gasteiger partial charge in [0.05, 0.1) is 6.10 Å². The zero-order chi connectivity index (χ0) is 24.8. The Hall–Kier alpha value is -3.10. The van der Waals surface area contributed by atoms with Crippen LogP contribution in [0.1, 0.15) is 50.0 Å². The molecule has 3 unspecified atom stereocenters. The van der Waals surface area contributed by atoms with E-state index in [1.165, 1.54) is 20.8 Å². The largest absolute Gasteiger partial charge is 0.508 e. The third kappa shape index (κ3) is 6.95. The molecule has 0 bridgehead atoms. The van der Waals surface area contributed by atoms with Crippen LogP contribution in [-0.4, -0.2) is 47.9 Å². The van der Waals surface area contributed by atoms with Gasteiger partial charge in [0.15, 0.2) is 6.10 Å². The molecule has 1 aliphatic heterocycles. The van der Waals surface area contributed by atoms with Gasteiger partial charge in [0.2, 0.25) is 0 Å². The van der Waals surface area contributed by atoms with E-state index in [0.29, 0.717) is 11.4 Å². The Kier molecular flexibility index (Phi) is 8.52. The highest BCUT2D eigenvalue weighted by Gasteiger charge is 2.44. The van der Waals surface area contributed by atoms with Crippen molar-refractivity contribution in [2.75, 3.05) is 6.61 Å². The Morgan fingerprint density at radius 2 is 1.68 bits per heavy atom. The van der Waals surface area contributed by atoms with Crippen LogP contribution in [-0.2, 0) is 39.8 Å². The molecule has 1 N–H and O–H groups in total. The highest BCUT2D eigenvalue weighted by atomic mass is 35.5. The van der Waals surface area contributed by atoms with Crippen molar-refractivity contribution in [3.8, 4) is 5.75 Å². The Labute approximate surface area is 202 Å². The van der Waals surface area contributed by atoms with E-state index in [4.69, 9.17) is 30.5 Å². The molecule has 2 aromatic rings. The Morgan fingerprint density at radius 3 is 2.29 bits per heavy atom. The molecule has 0 aromatic heterocycles. The molecule has 8 nitrogen and oxygen atoms in total. The molecule has 182 valence electrons. The molecule has 34 heavy (non-hydrogen) atoms. The first-order valence-electron chi connectivity index (χ1n) is 10.8. The fraction of sp³-hybridized carbons (Fsp3) is 0.400. The van der Waals surface area contributed by atoms with E-state index >= 15 is 0 Å². The van der Waals surface area contributed by atoms with Gasteiger partial charge >= 0.3 is 17.9 Å². The number of benzene rings is 2. The van der Waals surface area contributed by atoms with Gasteiger partial charge in [-0.05, 0) is 41.3 Å². The van der Waals surface area contributed by atoms with Gasteiger partial charge in [-0.25, -0.2) is 0 Å². The second-order valence-corrected chi connectivity index (χ2v) is 8.52. The summed E-state index contributed by atoms with van der Waals surface area (Å²) in [7, 11) is 0. The maximum Gasteiger partial charge on any atom is 0.303 e. The predicted octanol–water partition coefficient (Wildman–Crippen LogP) is 3.89. The number of aromatic hydroxyl groups is 1. The highest BCUT2D eigenvalue weighted by Crippen LogP contribution is 2.36. The zero-order valence-corrected chi connectivity index (χ0v) is 19.9. The Bertz CT molecular complexity index is 1040. The predicted molar refractivity (Wildman–Crippen MR) is 122 cm³/mol. The van der Waals surface area contributed by atoms with Gasteiger partial charge in [-0.3, -0.25) is 14.4 Å². The zero-order valence-electron chi connectivity index (χ0n) is 19.2. The summed E-state index contributed by atoms with van der Waals surface area (Å²) in [6.07, 6.45) is -2.34. The topological polar surface area (TPSA) is 108 Å². The van der Waals surface area contributed by atoms with E-state index in [2.05, 4.69) is 0 Å². The van der Waals surface area contributed by atoms with E-state index < -0.39 is 42.3 Å². The lowest BCUT2D eigenvalue weighted by Crippen LogP contribution is -2.51. The van der Waals surface area contributed by atoms with Gasteiger partial charge in [-0.2, -0.15) is 0 Å². The SMILES string of the molecule is CC(=O)OCC1OC(c2ccc(Cl)c(Cc3ccc(O)cc3)c2)CC(OC(C)=O)[C@@H]1OC(C)=O. The number of phenolic OH excluding ortho intramolecular Hbond substituents is 1. The van der Waals surface area contributed by atoms with Crippen LogP contribution < -0.4 is 0 Å². The molecule has 1 aliphatic rings. The van der Waals surface area contributed by atoms with Crippen LogP contribution in [0.3, 0.4) is 0 Å². The second kappa shape index (κ2) is 11.4. The highest BCUT2D eigenvalue weighted by molar-refractivity contribution is 6.31. The van der Waals surface area contributed by atoms with Crippen LogP contribution in [0.15, 0.2) is 42.5 Å². The minimum Gasteiger partial charge on any atom is -0.508 e. The lowest BCUT2D eigenvalue weighted by atomic mass is 9.92. The monoisotopic (exact) mass is 490 g/mol. The number of hydrogen-bond donors (Lipinski definition) is 1. The fourth-order valence-electron chi connectivity index (χ4n) is 3.91. The normalized spacial score (nSPS) is 22.0. The molecule has 2 aromatic carbocycles. The lowest BCUT2D eigenvalue weighted by molar-refractivity contribution is -0.216. The summed E-state index contributed by atoms with van der Waals surface area (Å²) in [5.74, 6) is -1.44. The van der Waals surface area contributed by atoms with Crippen LogP contribution in [0.25, 0.3) is 0 Å². The molecule has 0 spiro atoms. The van der Waals surface area contributed by atoms with E-state index in [1.807, 2.05) is 24.3 Å². The summed E-state index contributed by atoms with van der Waals surface area (Å²) in [6, 6.07) is 12.3. The summed E-state index contributed by atoms with van der Waals surface area (Å²) in [4.78, 5) is 34.9. The molecular formula is C25H27ClO8. The molecule has 4 atom stereocenters. The van der Waals surface area contributed by atoms with Gasteiger partial charge in [0.25, 0.3) is 0 Å².